The monoisotopic (exact) mass is 278 g/mol. The van der Waals surface area contributed by atoms with Gasteiger partial charge in [-0.15, -0.1) is 11.3 Å². The molecule has 0 radical (unpaired) electrons. The van der Waals surface area contributed by atoms with Gasteiger partial charge in [-0.1, -0.05) is 0 Å². The summed E-state index contributed by atoms with van der Waals surface area (Å²) in [4.78, 5) is 14.5. The Labute approximate surface area is 104 Å². The fourth-order valence-corrected chi connectivity index (χ4v) is 2.86. The van der Waals surface area contributed by atoms with Gasteiger partial charge in [0.2, 0.25) is 10.0 Å². The van der Waals surface area contributed by atoms with Gasteiger partial charge < -0.3 is 5.11 Å². The molecule has 1 N–H and O–H groups in total. The highest BCUT2D eigenvalue weighted by Gasteiger charge is 2.20. The molecule has 0 fully saturated rings. The predicted octanol–water partition coefficient (Wildman–Crippen LogP) is 0.688. The van der Waals surface area contributed by atoms with Crippen molar-refractivity contribution in [1.29, 1.82) is 0 Å². The van der Waals surface area contributed by atoms with Crippen molar-refractivity contribution in [2.45, 2.75) is 19.9 Å². The van der Waals surface area contributed by atoms with Crippen LogP contribution in [-0.4, -0.2) is 41.6 Å². The summed E-state index contributed by atoms with van der Waals surface area (Å²) in [5.74, 6) is -1.51. The van der Waals surface area contributed by atoms with Crippen molar-refractivity contribution in [3.05, 3.63) is 16.1 Å². The Bertz CT molecular complexity index is 495. The zero-order valence-corrected chi connectivity index (χ0v) is 11.2. The summed E-state index contributed by atoms with van der Waals surface area (Å²) in [5, 5.41) is 11.1. The van der Waals surface area contributed by atoms with Crippen LogP contribution in [-0.2, 0) is 21.4 Å². The second-order valence-electron chi connectivity index (χ2n) is 3.57. The topological polar surface area (TPSA) is 87.6 Å². The summed E-state index contributed by atoms with van der Waals surface area (Å²) in [5.41, 5.74) is 0.675. The summed E-state index contributed by atoms with van der Waals surface area (Å²) in [6.45, 7) is 2.01. The Balaban J connectivity index is 2.62. The molecule has 1 rings (SSSR count). The summed E-state index contributed by atoms with van der Waals surface area (Å²) < 4.78 is 24.5. The van der Waals surface area contributed by atoms with Crippen LogP contribution in [0.15, 0.2) is 5.38 Å². The van der Waals surface area contributed by atoms with E-state index in [1.54, 1.807) is 5.38 Å². The third-order valence-corrected chi connectivity index (χ3v) is 4.72. The SMILES string of the molecule is Cc1nc(CN(C)S(=O)(=O)CCC(=O)O)cs1. The Morgan fingerprint density at radius 3 is 2.71 bits per heavy atom. The lowest BCUT2D eigenvalue weighted by atomic mass is 10.5. The van der Waals surface area contributed by atoms with E-state index in [9.17, 15) is 13.2 Å². The molecule has 0 aromatic carbocycles. The van der Waals surface area contributed by atoms with Crippen LogP contribution >= 0.6 is 11.3 Å². The minimum absolute atomic E-state index is 0.173. The van der Waals surface area contributed by atoms with Crippen LogP contribution in [0.3, 0.4) is 0 Å². The fourth-order valence-electron chi connectivity index (χ4n) is 1.18. The first-order valence-electron chi connectivity index (χ1n) is 4.88. The third-order valence-electron chi connectivity index (χ3n) is 2.10. The van der Waals surface area contributed by atoms with E-state index in [1.807, 2.05) is 6.92 Å². The van der Waals surface area contributed by atoms with E-state index < -0.39 is 16.0 Å². The van der Waals surface area contributed by atoms with Gasteiger partial charge in [0.25, 0.3) is 0 Å². The van der Waals surface area contributed by atoms with Crippen molar-refractivity contribution < 1.29 is 18.3 Å². The molecule has 0 spiro atoms. The van der Waals surface area contributed by atoms with Crippen LogP contribution in [0, 0.1) is 6.92 Å². The number of nitrogens with zero attached hydrogens (tertiary/aromatic N) is 2. The first-order chi connectivity index (χ1) is 7.81. The minimum atomic E-state index is -3.53. The highest BCUT2D eigenvalue weighted by atomic mass is 32.2. The van der Waals surface area contributed by atoms with Crippen molar-refractivity contribution in [2.24, 2.45) is 0 Å². The van der Waals surface area contributed by atoms with Gasteiger partial charge in [0.1, 0.15) is 0 Å². The highest BCUT2D eigenvalue weighted by molar-refractivity contribution is 7.89. The maximum absolute atomic E-state index is 11.7. The number of aryl methyl sites for hydroxylation is 1. The molecular formula is C9H14N2O4S2. The van der Waals surface area contributed by atoms with Crippen LogP contribution in [0.25, 0.3) is 0 Å². The minimum Gasteiger partial charge on any atom is -0.481 e. The molecule has 1 heterocycles. The lowest BCUT2D eigenvalue weighted by molar-refractivity contribution is -0.136. The number of carbonyl (C=O) groups is 1. The van der Waals surface area contributed by atoms with E-state index in [1.165, 1.54) is 18.4 Å². The van der Waals surface area contributed by atoms with Crippen LogP contribution in [0.4, 0.5) is 0 Å². The Hall–Kier alpha value is -0.990. The van der Waals surface area contributed by atoms with E-state index in [2.05, 4.69) is 4.98 Å². The number of sulfonamides is 1. The second kappa shape index (κ2) is 5.56. The molecule has 0 aliphatic carbocycles. The molecule has 8 heteroatoms. The second-order valence-corrected chi connectivity index (χ2v) is 6.83. The largest absolute Gasteiger partial charge is 0.481 e. The van der Waals surface area contributed by atoms with Gasteiger partial charge in [-0.3, -0.25) is 4.79 Å². The number of hydrogen-bond acceptors (Lipinski definition) is 5. The van der Waals surface area contributed by atoms with Crippen LogP contribution in [0.2, 0.25) is 0 Å². The molecule has 96 valence electrons. The van der Waals surface area contributed by atoms with Crippen molar-refractivity contribution in [3.63, 3.8) is 0 Å². The van der Waals surface area contributed by atoms with E-state index in [4.69, 9.17) is 5.11 Å². The summed E-state index contributed by atoms with van der Waals surface area (Å²) >= 11 is 1.45. The fraction of sp³-hybridized carbons (Fsp3) is 0.556. The van der Waals surface area contributed by atoms with E-state index in [-0.39, 0.29) is 18.7 Å². The molecule has 6 nitrogen and oxygen atoms in total. The van der Waals surface area contributed by atoms with Gasteiger partial charge in [0.05, 0.1) is 29.4 Å². The standard InChI is InChI=1S/C9H14N2O4S2/c1-7-10-8(6-16-7)5-11(2)17(14,15)4-3-9(12)13/h6H,3-5H2,1-2H3,(H,12,13). The Morgan fingerprint density at radius 1 is 1.59 bits per heavy atom. The molecule has 0 saturated carbocycles. The van der Waals surface area contributed by atoms with Crippen molar-refractivity contribution in [2.75, 3.05) is 12.8 Å². The molecule has 0 aliphatic rings. The quantitative estimate of drug-likeness (QED) is 0.827. The predicted molar refractivity (Wildman–Crippen MR) is 64.4 cm³/mol. The van der Waals surface area contributed by atoms with Crippen LogP contribution < -0.4 is 0 Å². The third kappa shape index (κ3) is 4.41. The number of rotatable bonds is 6. The molecule has 0 saturated heterocycles. The normalized spacial score (nSPS) is 11.9. The number of aromatic nitrogens is 1. The molecule has 0 atom stereocenters. The molecule has 0 unspecified atom stereocenters. The van der Waals surface area contributed by atoms with E-state index in [0.29, 0.717) is 5.69 Å². The Morgan fingerprint density at radius 2 is 2.24 bits per heavy atom. The first kappa shape index (κ1) is 14.1. The van der Waals surface area contributed by atoms with Gasteiger partial charge in [-0.25, -0.2) is 13.4 Å². The highest BCUT2D eigenvalue weighted by Crippen LogP contribution is 2.12. The maximum Gasteiger partial charge on any atom is 0.304 e. The molecular weight excluding hydrogens is 264 g/mol. The van der Waals surface area contributed by atoms with Crippen molar-refractivity contribution in [3.8, 4) is 0 Å². The average molecular weight is 278 g/mol. The van der Waals surface area contributed by atoms with Crippen molar-refractivity contribution in [1.82, 2.24) is 9.29 Å². The van der Waals surface area contributed by atoms with Crippen LogP contribution in [0.1, 0.15) is 17.1 Å². The maximum atomic E-state index is 11.7. The Kier molecular flexibility index (Phi) is 4.61. The number of hydrogen-bond donors (Lipinski definition) is 1. The molecule has 1 aromatic heterocycles. The molecule has 17 heavy (non-hydrogen) atoms. The molecule has 0 amide bonds. The molecule has 1 aromatic rings. The molecule has 0 aliphatic heterocycles. The summed E-state index contributed by atoms with van der Waals surface area (Å²) in [6.07, 6.45) is -0.386. The lowest BCUT2D eigenvalue weighted by Crippen LogP contribution is -2.29. The zero-order chi connectivity index (χ0) is 13.1. The number of carboxylic acids is 1. The number of aliphatic carboxylic acids is 1. The smallest absolute Gasteiger partial charge is 0.304 e. The van der Waals surface area contributed by atoms with Crippen LogP contribution in [0.5, 0.6) is 0 Å². The van der Waals surface area contributed by atoms with Crippen molar-refractivity contribution >= 4 is 27.3 Å². The number of thiazole rings is 1. The van der Waals surface area contributed by atoms with Gasteiger partial charge in [-0.05, 0) is 6.92 Å². The van der Waals surface area contributed by atoms with Gasteiger partial charge >= 0.3 is 5.97 Å². The van der Waals surface area contributed by atoms with Gasteiger partial charge in [-0.2, -0.15) is 4.31 Å². The van der Waals surface area contributed by atoms with Gasteiger partial charge in [0.15, 0.2) is 0 Å². The zero-order valence-electron chi connectivity index (χ0n) is 9.58. The molecule has 0 bridgehead atoms. The van der Waals surface area contributed by atoms with E-state index in [0.717, 1.165) is 9.31 Å². The first-order valence-corrected chi connectivity index (χ1v) is 7.37. The summed E-state index contributed by atoms with van der Waals surface area (Å²) in [7, 11) is -2.10. The van der Waals surface area contributed by atoms with E-state index >= 15 is 0 Å². The summed E-state index contributed by atoms with van der Waals surface area (Å²) in [6, 6.07) is 0. The lowest BCUT2D eigenvalue weighted by Gasteiger charge is -2.15. The number of carboxylic acid groups (broad SMARTS) is 1. The van der Waals surface area contributed by atoms with Gasteiger partial charge in [0, 0.05) is 12.4 Å². The average Bonchev–Trinajstić information content (AvgIpc) is 2.61.